The molecule has 0 atom stereocenters. The van der Waals surface area contributed by atoms with Crippen molar-refractivity contribution < 1.29 is 17.9 Å². The van der Waals surface area contributed by atoms with E-state index in [2.05, 4.69) is 0 Å². The minimum atomic E-state index is -3.46. The summed E-state index contributed by atoms with van der Waals surface area (Å²) in [5, 5.41) is 0. The fraction of sp³-hybridized carbons (Fsp3) is 0.462. The number of sulfonamides is 1. The van der Waals surface area contributed by atoms with Crippen molar-refractivity contribution in [3.63, 3.8) is 0 Å². The quantitative estimate of drug-likeness (QED) is 0.771. The Morgan fingerprint density at radius 2 is 1.95 bits per heavy atom. The van der Waals surface area contributed by atoms with E-state index >= 15 is 0 Å². The van der Waals surface area contributed by atoms with Gasteiger partial charge in [0.2, 0.25) is 10.0 Å². The largest absolute Gasteiger partial charge is 0.461 e. The van der Waals surface area contributed by atoms with Crippen molar-refractivity contribution in [1.29, 1.82) is 0 Å². The molecule has 0 saturated heterocycles. The van der Waals surface area contributed by atoms with Crippen molar-refractivity contribution in [1.82, 2.24) is 4.31 Å². The first-order valence-corrected chi connectivity index (χ1v) is 7.37. The smallest absolute Gasteiger partial charge is 0.308 e. The summed E-state index contributed by atoms with van der Waals surface area (Å²) in [4.78, 5) is 11.5. The van der Waals surface area contributed by atoms with Gasteiger partial charge in [0.15, 0.2) is 0 Å². The van der Waals surface area contributed by atoms with Gasteiger partial charge >= 0.3 is 5.97 Å². The van der Waals surface area contributed by atoms with E-state index in [4.69, 9.17) is 4.74 Å². The maximum Gasteiger partial charge on any atom is 0.308 e. The average molecular weight is 285 g/mol. The number of benzene rings is 1. The Morgan fingerprint density at radius 3 is 2.47 bits per heavy atom. The van der Waals surface area contributed by atoms with Gasteiger partial charge in [-0.05, 0) is 17.7 Å². The van der Waals surface area contributed by atoms with Crippen LogP contribution in [0.25, 0.3) is 0 Å². The molecule has 0 amide bonds. The average Bonchev–Trinajstić information content (AvgIpc) is 2.35. The first-order chi connectivity index (χ1) is 8.75. The van der Waals surface area contributed by atoms with Gasteiger partial charge in [-0.25, -0.2) is 12.7 Å². The van der Waals surface area contributed by atoms with Crippen LogP contribution in [0.2, 0.25) is 0 Å². The van der Waals surface area contributed by atoms with Gasteiger partial charge in [0.1, 0.15) is 6.61 Å². The predicted octanol–water partition coefficient (Wildman–Crippen LogP) is 1.64. The molecule has 1 rings (SSSR count). The lowest BCUT2D eigenvalue weighted by atomic mass is 10.2. The highest BCUT2D eigenvalue weighted by Gasteiger charge is 2.17. The molecule has 0 unspecified atom stereocenters. The van der Waals surface area contributed by atoms with Crippen molar-refractivity contribution in [3.8, 4) is 0 Å². The van der Waals surface area contributed by atoms with Crippen LogP contribution in [0.3, 0.4) is 0 Å². The number of carbonyl (C=O) groups excluding carboxylic acids is 1. The molecule has 0 heterocycles. The Balaban J connectivity index is 2.87. The molecular formula is C13H19NO4S. The lowest BCUT2D eigenvalue weighted by molar-refractivity contribution is -0.148. The fourth-order valence-corrected chi connectivity index (χ4v) is 2.30. The lowest BCUT2D eigenvalue weighted by Crippen LogP contribution is -2.22. The van der Waals surface area contributed by atoms with Crippen molar-refractivity contribution in [2.24, 2.45) is 5.92 Å². The second-order valence-electron chi connectivity index (χ2n) is 4.70. The summed E-state index contributed by atoms with van der Waals surface area (Å²) in [6.45, 7) is 3.57. The molecular weight excluding hydrogens is 266 g/mol. The molecule has 0 fully saturated rings. The highest BCUT2D eigenvalue weighted by Crippen LogP contribution is 2.15. The van der Waals surface area contributed by atoms with E-state index in [0.717, 1.165) is 4.31 Å². The molecule has 1 aromatic carbocycles. The maximum atomic E-state index is 11.9. The van der Waals surface area contributed by atoms with Crippen molar-refractivity contribution in [2.45, 2.75) is 25.3 Å². The Kier molecular flexibility index (Phi) is 5.08. The SMILES string of the molecule is CC(C)C(=O)OCc1cccc(S(=O)(=O)N(C)C)c1. The number of esters is 1. The molecule has 19 heavy (non-hydrogen) atoms. The van der Waals surface area contributed by atoms with Gasteiger partial charge in [-0.15, -0.1) is 0 Å². The molecule has 0 aliphatic heterocycles. The number of rotatable bonds is 5. The van der Waals surface area contributed by atoms with Gasteiger partial charge in [-0.2, -0.15) is 0 Å². The summed E-state index contributed by atoms with van der Waals surface area (Å²) < 4.78 is 30.1. The summed E-state index contributed by atoms with van der Waals surface area (Å²) in [5.41, 5.74) is 0.650. The van der Waals surface area contributed by atoms with Crippen LogP contribution in [-0.4, -0.2) is 32.8 Å². The summed E-state index contributed by atoms with van der Waals surface area (Å²) >= 11 is 0. The van der Waals surface area contributed by atoms with E-state index < -0.39 is 10.0 Å². The summed E-state index contributed by atoms with van der Waals surface area (Å²) in [7, 11) is -0.515. The first kappa shape index (κ1) is 15.7. The molecule has 1 aromatic rings. The van der Waals surface area contributed by atoms with Crippen LogP contribution in [0.5, 0.6) is 0 Å². The van der Waals surface area contributed by atoms with Crippen molar-refractivity contribution >= 4 is 16.0 Å². The molecule has 0 aliphatic rings. The zero-order valence-corrected chi connectivity index (χ0v) is 12.4. The van der Waals surface area contributed by atoms with Crippen LogP contribution in [-0.2, 0) is 26.2 Å². The second kappa shape index (κ2) is 6.16. The molecule has 0 saturated carbocycles. The number of hydrogen-bond donors (Lipinski definition) is 0. The zero-order valence-electron chi connectivity index (χ0n) is 11.6. The second-order valence-corrected chi connectivity index (χ2v) is 6.85. The first-order valence-electron chi connectivity index (χ1n) is 5.93. The van der Waals surface area contributed by atoms with E-state index in [1.807, 2.05) is 0 Å². The van der Waals surface area contributed by atoms with E-state index in [0.29, 0.717) is 5.56 Å². The van der Waals surface area contributed by atoms with E-state index in [-0.39, 0.29) is 23.4 Å². The lowest BCUT2D eigenvalue weighted by Gasteiger charge is -2.12. The summed E-state index contributed by atoms with van der Waals surface area (Å²) in [5.74, 6) is -0.505. The Bertz CT molecular complexity index is 550. The van der Waals surface area contributed by atoms with Gasteiger partial charge in [0.05, 0.1) is 10.8 Å². The number of ether oxygens (including phenoxy) is 1. The normalized spacial score (nSPS) is 11.9. The third kappa shape index (κ3) is 4.04. The van der Waals surface area contributed by atoms with Crippen molar-refractivity contribution in [2.75, 3.05) is 14.1 Å². The molecule has 0 spiro atoms. The molecule has 106 valence electrons. The van der Waals surface area contributed by atoms with E-state index in [9.17, 15) is 13.2 Å². The third-order valence-electron chi connectivity index (χ3n) is 2.53. The van der Waals surface area contributed by atoms with Gasteiger partial charge in [-0.1, -0.05) is 26.0 Å². The van der Waals surface area contributed by atoms with Crippen LogP contribution >= 0.6 is 0 Å². The molecule has 0 bridgehead atoms. The number of hydrogen-bond acceptors (Lipinski definition) is 4. The Morgan fingerprint density at radius 1 is 1.32 bits per heavy atom. The topological polar surface area (TPSA) is 63.7 Å². The molecule has 6 heteroatoms. The highest BCUT2D eigenvalue weighted by molar-refractivity contribution is 7.89. The van der Waals surface area contributed by atoms with Crippen LogP contribution in [0.4, 0.5) is 0 Å². The minimum absolute atomic E-state index is 0.0772. The maximum absolute atomic E-state index is 11.9. The van der Waals surface area contributed by atoms with Crippen LogP contribution < -0.4 is 0 Å². The van der Waals surface area contributed by atoms with Gasteiger partial charge in [0.25, 0.3) is 0 Å². The monoisotopic (exact) mass is 285 g/mol. The number of nitrogens with zero attached hydrogens (tertiary/aromatic N) is 1. The van der Waals surface area contributed by atoms with Crippen LogP contribution in [0.1, 0.15) is 19.4 Å². The summed E-state index contributed by atoms with van der Waals surface area (Å²) in [6, 6.07) is 6.39. The van der Waals surface area contributed by atoms with Crippen molar-refractivity contribution in [3.05, 3.63) is 29.8 Å². The van der Waals surface area contributed by atoms with E-state index in [1.165, 1.54) is 26.2 Å². The third-order valence-corrected chi connectivity index (χ3v) is 4.34. The van der Waals surface area contributed by atoms with Crippen LogP contribution in [0, 0.1) is 5.92 Å². The molecule has 0 radical (unpaired) electrons. The summed E-state index contributed by atoms with van der Waals surface area (Å²) in [6.07, 6.45) is 0. The van der Waals surface area contributed by atoms with Gasteiger partial charge in [-0.3, -0.25) is 4.79 Å². The standard InChI is InChI=1S/C13H19NO4S/c1-10(2)13(15)18-9-11-6-5-7-12(8-11)19(16,17)14(3)4/h5-8,10H,9H2,1-4H3. The minimum Gasteiger partial charge on any atom is -0.461 e. The highest BCUT2D eigenvalue weighted by atomic mass is 32.2. The van der Waals surface area contributed by atoms with Gasteiger partial charge in [0, 0.05) is 14.1 Å². The molecule has 0 aromatic heterocycles. The van der Waals surface area contributed by atoms with Gasteiger partial charge < -0.3 is 4.74 Å². The Hall–Kier alpha value is -1.40. The fourth-order valence-electron chi connectivity index (χ4n) is 1.33. The Labute approximate surface area is 114 Å². The molecule has 5 nitrogen and oxygen atoms in total. The molecule has 0 N–H and O–H groups in total. The molecule has 0 aliphatic carbocycles. The predicted molar refractivity (Wildman–Crippen MR) is 71.9 cm³/mol. The van der Waals surface area contributed by atoms with Crippen LogP contribution in [0.15, 0.2) is 29.2 Å². The number of carbonyl (C=O) groups is 1. The van der Waals surface area contributed by atoms with E-state index in [1.54, 1.807) is 26.0 Å². The zero-order chi connectivity index (χ0) is 14.6.